The first-order chi connectivity index (χ1) is 12.0. The minimum Gasteiger partial charge on any atom is -0.357 e. The first-order valence-corrected chi connectivity index (χ1v) is 8.48. The number of amides is 1. The standard InChI is InChI=1S/C19H23FN4O/c1-23(2)13-15-5-7-16(11-17(15)20)22-19(25)14-6-8-18(21-12-14)24-9-3-4-10-24/h5-8,11-12H,3-4,9-10,13H2,1-2H3,(H,22,25). The third-order valence-electron chi connectivity index (χ3n) is 4.24. The van der Waals surface area contributed by atoms with Crippen molar-refractivity contribution in [3.63, 3.8) is 0 Å². The number of benzene rings is 1. The van der Waals surface area contributed by atoms with Gasteiger partial charge in [0.1, 0.15) is 11.6 Å². The number of halogens is 1. The van der Waals surface area contributed by atoms with Gasteiger partial charge >= 0.3 is 0 Å². The van der Waals surface area contributed by atoms with Crippen LogP contribution < -0.4 is 10.2 Å². The zero-order valence-electron chi connectivity index (χ0n) is 14.6. The van der Waals surface area contributed by atoms with Crippen LogP contribution in [0.4, 0.5) is 15.9 Å². The fraction of sp³-hybridized carbons (Fsp3) is 0.368. The van der Waals surface area contributed by atoms with Gasteiger partial charge in [0.25, 0.3) is 5.91 Å². The molecule has 1 aromatic heterocycles. The second-order valence-electron chi connectivity index (χ2n) is 6.60. The summed E-state index contributed by atoms with van der Waals surface area (Å²) in [7, 11) is 3.77. The van der Waals surface area contributed by atoms with E-state index in [1.165, 1.54) is 18.9 Å². The minimum absolute atomic E-state index is 0.291. The smallest absolute Gasteiger partial charge is 0.257 e. The second-order valence-corrected chi connectivity index (χ2v) is 6.60. The summed E-state index contributed by atoms with van der Waals surface area (Å²) in [5, 5.41) is 2.72. The molecular weight excluding hydrogens is 319 g/mol. The summed E-state index contributed by atoms with van der Waals surface area (Å²) < 4.78 is 14.1. The highest BCUT2D eigenvalue weighted by Gasteiger charge is 2.14. The maximum absolute atomic E-state index is 14.1. The topological polar surface area (TPSA) is 48.5 Å². The molecule has 0 aliphatic carbocycles. The van der Waals surface area contributed by atoms with Crippen molar-refractivity contribution in [1.29, 1.82) is 0 Å². The third kappa shape index (κ3) is 4.33. The predicted octanol–water partition coefficient (Wildman–Crippen LogP) is 3.13. The monoisotopic (exact) mass is 342 g/mol. The third-order valence-corrected chi connectivity index (χ3v) is 4.24. The molecule has 3 rings (SSSR count). The maximum atomic E-state index is 14.1. The predicted molar refractivity (Wildman–Crippen MR) is 97.4 cm³/mol. The molecule has 0 atom stereocenters. The zero-order valence-corrected chi connectivity index (χ0v) is 14.6. The zero-order chi connectivity index (χ0) is 17.8. The van der Waals surface area contributed by atoms with Gasteiger partial charge in [0, 0.05) is 37.1 Å². The van der Waals surface area contributed by atoms with E-state index in [0.29, 0.717) is 23.4 Å². The molecule has 1 amide bonds. The Morgan fingerprint density at radius 3 is 2.60 bits per heavy atom. The summed E-state index contributed by atoms with van der Waals surface area (Å²) in [6, 6.07) is 8.38. The van der Waals surface area contributed by atoms with Gasteiger partial charge in [-0.1, -0.05) is 6.07 Å². The number of pyridine rings is 1. The molecule has 1 saturated heterocycles. The van der Waals surface area contributed by atoms with E-state index in [4.69, 9.17) is 0 Å². The van der Waals surface area contributed by atoms with E-state index < -0.39 is 0 Å². The Balaban J connectivity index is 1.66. The van der Waals surface area contributed by atoms with Crippen molar-refractivity contribution in [1.82, 2.24) is 9.88 Å². The lowest BCUT2D eigenvalue weighted by Crippen LogP contribution is -2.19. The highest BCUT2D eigenvalue weighted by molar-refractivity contribution is 6.04. The molecule has 132 valence electrons. The first-order valence-electron chi connectivity index (χ1n) is 8.48. The van der Waals surface area contributed by atoms with Crippen molar-refractivity contribution in [3.8, 4) is 0 Å². The molecule has 25 heavy (non-hydrogen) atoms. The van der Waals surface area contributed by atoms with E-state index in [-0.39, 0.29) is 11.7 Å². The second kappa shape index (κ2) is 7.61. The lowest BCUT2D eigenvalue weighted by Gasteiger charge is -2.16. The van der Waals surface area contributed by atoms with Gasteiger partial charge in [-0.2, -0.15) is 0 Å². The van der Waals surface area contributed by atoms with Crippen molar-refractivity contribution in [2.45, 2.75) is 19.4 Å². The number of nitrogens with zero attached hydrogens (tertiary/aromatic N) is 3. The number of rotatable bonds is 5. The van der Waals surface area contributed by atoms with Crippen LogP contribution in [-0.4, -0.2) is 43.0 Å². The van der Waals surface area contributed by atoms with Crippen LogP contribution in [0.1, 0.15) is 28.8 Å². The average molecular weight is 342 g/mol. The Hall–Kier alpha value is -2.47. The molecule has 1 fully saturated rings. The summed E-state index contributed by atoms with van der Waals surface area (Å²) in [5.74, 6) is 0.280. The summed E-state index contributed by atoms with van der Waals surface area (Å²) in [6.45, 7) is 2.54. The number of carbonyl (C=O) groups excluding carboxylic acids is 1. The summed E-state index contributed by atoms with van der Waals surface area (Å²) in [4.78, 5) is 20.8. The van der Waals surface area contributed by atoms with Gasteiger partial charge in [-0.15, -0.1) is 0 Å². The number of aromatic nitrogens is 1. The molecular formula is C19H23FN4O. The van der Waals surface area contributed by atoms with Crippen LogP contribution in [0.2, 0.25) is 0 Å². The number of hydrogen-bond donors (Lipinski definition) is 1. The Morgan fingerprint density at radius 1 is 1.24 bits per heavy atom. The normalized spacial score (nSPS) is 14.2. The fourth-order valence-corrected chi connectivity index (χ4v) is 2.95. The molecule has 1 aliphatic heterocycles. The fourth-order valence-electron chi connectivity index (χ4n) is 2.95. The van der Waals surface area contributed by atoms with Crippen molar-refractivity contribution in [3.05, 3.63) is 53.5 Å². The highest BCUT2D eigenvalue weighted by Crippen LogP contribution is 2.19. The first kappa shape index (κ1) is 17.4. The van der Waals surface area contributed by atoms with Crippen LogP contribution in [0.5, 0.6) is 0 Å². The molecule has 0 spiro atoms. The Kier molecular flexibility index (Phi) is 5.28. The van der Waals surface area contributed by atoms with E-state index in [1.807, 2.05) is 25.1 Å². The van der Waals surface area contributed by atoms with E-state index in [2.05, 4.69) is 15.2 Å². The van der Waals surface area contributed by atoms with Gasteiger partial charge in [-0.25, -0.2) is 9.37 Å². The number of anilines is 2. The molecule has 5 nitrogen and oxygen atoms in total. The van der Waals surface area contributed by atoms with Gasteiger partial charge in [0.05, 0.1) is 5.56 Å². The molecule has 1 aliphatic rings. The van der Waals surface area contributed by atoms with Crippen LogP contribution >= 0.6 is 0 Å². The maximum Gasteiger partial charge on any atom is 0.257 e. The van der Waals surface area contributed by atoms with Gasteiger partial charge in [0.2, 0.25) is 0 Å². The highest BCUT2D eigenvalue weighted by atomic mass is 19.1. The van der Waals surface area contributed by atoms with E-state index >= 15 is 0 Å². The summed E-state index contributed by atoms with van der Waals surface area (Å²) >= 11 is 0. The van der Waals surface area contributed by atoms with Crippen LogP contribution in [0.15, 0.2) is 36.5 Å². The molecule has 0 bridgehead atoms. The quantitative estimate of drug-likeness (QED) is 0.907. The molecule has 1 aromatic carbocycles. The SMILES string of the molecule is CN(C)Cc1ccc(NC(=O)c2ccc(N3CCCC3)nc2)cc1F. The van der Waals surface area contributed by atoms with Crippen LogP contribution in [0, 0.1) is 5.82 Å². The average Bonchev–Trinajstić information content (AvgIpc) is 3.12. The summed E-state index contributed by atoms with van der Waals surface area (Å²) in [5.41, 5.74) is 1.49. The van der Waals surface area contributed by atoms with Crippen LogP contribution in [0.3, 0.4) is 0 Å². The Bertz CT molecular complexity index is 740. The molecule has 0 unspecified atom stereocenters. The van der Waals surface area contributed by atoms with Crippen molar-refractivity contribution < 1.29 is 9.18 Å². The lowest BCUT2D eigenvalue weighted by atomic mass is 10.1. The van der Waals surface area contributed by atoms with Crippen molar-refractivity contribution in [2.75, 3.05) is 37.4 Å². The van der Waals surface area contributed by atoms with Crippen molar-refractivity contribution in [2.24, 2.45) is 0 Å². The minimum atomic E-state index is -0.325. The largest absolute Gasteiger partial charge is 0.357 e. The molecule has 0 radical (unpaired) electrons. The number of hydrogen-bond acceptors (Lipinski definition) is 4. The number of nitrogens with one attached hydrogen (secondary N) is 1. The van der Waals surface area contributed by atoms with E-state index in [0.717, 1.165) is 18.9 Å². The Morgan fingerprint density at radius 2 is 2.00 bits per heavy atom. The molecule has 2 heterocycles. The van der Waals surface area contributed by atoms with Crippen molar-refractivity contribution >= 4 is 17.4 Å². The lowest BCUT2D eigenvalue weighted by molar-refractivity contribution is 0.102. The summed E-state index contributed by atoms with van der Waals surface area (Å²) in [6.07, 6.45) is 3.93. The van der Waals surface area contributed by atoms with E-state index in [1.54, 1.807) is 24.4 Å². The van der Waals surface area contributed by atoms with Crippen LogP contribution in [0.25, 0.3) is 0 Å². The van der Waals surface area contributed by atoms with Gasteiger partial charge < -0.3 is 15.1 Å². The van der Waals surface area contributed by atoms with Gasteiger partial charge in [-0.05, 0) is 51.2 Å². The molecule has 6 heteroatoms. The van der Waals surface area contributed by atoms with Gasteiger partial charge in [0.15, 0.2) is 0 Å². The Labute approximate surface area is 147 Å². The van der Waals surface area contributed by atoms with Gasteiger partial charge in [-0.3, -0.25) is 4.79 Å². The van der Waals surface area contributed by atoms with Crippen LogP contribution in [-0.2, 0) is 6.54 Å². The number of carbonyl (C=O) groups is 1. The molecule has 1 N–H and O–H groups in total. The molecule has 0 saturated carbocycles. The molecule has 2 aromatic rings. The van der Waals surface area contributed by atoms with E-state index in [9.17, 15) is 9.18 Å².